The Labute approximate surface area is 131 Å². The van der Waals surface area contributed by atoms with Crippen LogP contribution in [0.3, 0.4) is 0 Å². The number of carbonyl (C=O) groups is 1. The van der Waals surface area contributed by atoms with Crippen LogP contribution in [0.5, 0.6) is 5.75 Å². The molecule has 2 N–H and O–H groups in total. The zero-order chi connectivity index (χ0) is 16.0. The first-order chi connectivity index (χ1) is 11.2. The second-order valence-corrected chi connectivity index (χ2v) is 5.36. The molecular weight excluding hydrogens is 295 g/mol. The van der Waals surface area contributed by atoms with E-state index < -0.39 is 0 Å². The first-order valence-corrected chi connectivity index (χ1v) is 7.14. The minimum absolute atomic E-state index is 0.233. The number of fused-ring (bicyclic) bond motifs is 2. The van der Waals surface area contributed by atoms with Crippen molar-refractivity contribution in [1.29, 1.82) is 0 Å². The average molecular weight is 308 g/mol. The van der Waals surface area contributed by atoms with Crippen molar-refractivity contribution in [2.75, 3.05) is 12.4 Å². The largest absolute Gasteiger partial charge is 0.497 e. The quantitative estimate of drug-likeness (QED) is 0.707. The van der Waals surface area contributed by atoms with E-state index in [4.69, 9.17) is 4.74 Å². The molecular formula is C18H13FN2O2. The number of amides is 1. The van der Waals surface area contributed by atoms with Crippen LogP contribution in [-0.4, -0.2) is 18.0 Å². The Hall–Kier alpha value is -3.08. The van der Waals surface area contributed by atoms with Crippen molar-refractivity contribution >= 4 is 34.1 Å². The lowest BCUT2D eigenvalue weighted by Crippen LogP contribution is -2.03. The zero-order valence-electron chi connectivity index (χ0n) is 12.3. The van der Waals surface area contributed by atoms with E-state index in [2.05, 4.69) is 10.3 Å². The van der Waals surface area contributed by atoms with Gasteiger partial charge in [-0.05, 0) is 42.5 Å². The van der Waals surface area contributed by atoms with E-state index in [1.54, 1.807) is 19.3 Å². The summed E-state index contributed by atoms with van der Waals surface area (Å²) in [6.45, 7) is 0. The van der Waals surface area contributed by atoms with Gasteiger partial charge in [-0.15, -0.1) is 0 Å². The van der Waals surface area contributed by atoms with Crippen molar-refractivity contribution < 1.29 is 13.9 Å². The third-order valence-corrected chi connectivity index (χ3v) is 3.99. The van der Waals surface area contributed by atoms with Crippen LogP contribution in [0, 0.1) is 5.82 Å². The molecule has 1 amide bonds. The molecule has 4 rings (SSSR count). The van der Waals surface area contributed by atoms with E-state index in [9.17, 15) is 9.18 Å². The number of ether oxygens (including phenoxy) is 1. The molecule has 0 aliphatic carbocycles. The van der Waals surface area contributed by atoms with Gasteiger partial charge in [0.15, 0.2) is 0 Å². The Balaban J connectivity index is 1.88. The van der Waals surface area contributed by atoms with Gasteiger partial charge >= 0.3 is 0 Å². The summed E-state index contributed by atoms with van der Waals surface area (Å²) in [6, 6.07) is 9.95. The number of benzene rings is 2. The summed E-state index contributed by atoms with van der Waals surface area (Å²) in [6.07, 6.45) is 3.58. The molecule has 0 atom stereocenters. The summed E-state index contributed by atoms with van der Waals surface area (Å²) in [4.78, 5) is 15.3. The van der Waals surface area contributed by atoms with Crippen LogP contribution in [-0.2, 0) is 4.79 Å². The number of hydrogen-bond donors (Lipinski definition) is 2. The lowest BCUT2D eigenvalue weighted by Gasteiger charge is -2.01. The Morgan fingerprint density at radius 1 is 1.17 bits per heavy atom. The summed E-state index contributed by atoms with van der Waals surface area (Å²) in [5.74, 6) is 0.133. The van der Waals surface area contributed by atoms with Crippen LogP contribution < -0.4 is 10.1 Å². The number of anilines is 1. The fourth-order valence-electron chi connectivity index (χ4n) is 2.83. The molecule has 3 aromatic rings. The highest BCUT2D eigenvalue weighted by Crippen LogP contribution is 2.35. The van der Waals surface area contributed by atoms with Gasteiger partial charge in [0.1, 0.15) is 11.6 Å². The van der Waals surface area contributed by atoms with Crippen LogP contribution >= 0.6 is 0 Å². The Bertz CT molecular complexity index is 972. The number of aromatic amines is 1. The Morgan fingerprint density at radius 2 is 2.04 bits per heavy atom. The summed E-state index contributed by atoms with van der Waals surface area (Å²) in [7, 11) is 1.61. The molecule has 0 spiro atoms. The SMILES string of the molecule is COc1ccc2[nH]cc(/C=C3/C(=O)Nc4ccc(F)cc43)c2c1. The minimum atomic E-state index is -0.369. The lowest BCUT2D eigenvalue weighted by atomic mass is 10.0. The fraction of sp³-hybridized carbons (Fsp3) is 0.0556. The summed E-state index contributed by atoms with van der Waals surface area (Å²) < 4.78 is 18.8. The van der Waals surface area contributed by atoms with E-state index in [0.29, 0.717) is 16.8 Å². The highest BCUT2D eigenvalue weighted by atomic mass is 19.1. The molecule has 23 heavy (non-hydrogen) atoms. The number of carbonyl (C=O) groups excluding carboxylic acids is 1. The van der Waals surface area contributed by atoms with Gasteiger partial charge < -0.3 is 15.0 Å². The molecule has 114 valence electrons. The van der Waals surface area contributed by atoms with Crippen molar-refractivity contribution in [3.8, 4) is 5.75 Å². The van der Waals surface area contributed by atoms with Gasteiger partial charge in [-0.2, -0.15) is 0 Å². The van der Waals surface area contributed by atoms with Gasteiger partial charge in [0.05, 0.1) is 7.11 Å². The number of hydrogen-bond acceptors (Lipinski definition) is 2. The van der Waals surface area contributed by atoms with Crippen molar-refractivity contribution in [3.63, 3.8) is 0 Å². The molecule has 0 fully saturated rings. The summed E-state index contributed by atoms with van der Waals surface area (Å²) in [5, 5.41) is 3.69. The van der Waals surface area contributed by atoms with E-state index in [1.165, 1.54) is 12.1 Å². The zero-order valence-corrected chi connectivity index (χ0v) is 12.3. The highest BCUT2D eigenvalue weighted by molar-refractivity contribution is 6.35. The molecule has 0 unspecified atom stereocenters. The number of aromatic nitrogens is 1. The molecule has 1 aliphatic heterocycles. The van der Waals surface area contributed by atoms with Crippen LogP contribution in [0.1, 0.15) is 11.1 Å². The van der Waals surface area contributed by atoms with E-state index in [-0.39, 0.29) is 11.7 Å². The number of rotatable bonds is 2. The Kier molecular flexibility index (Phi) is 2.94. The minimum Gasteiger partial charge on any atom is -0.497 e. The first kappa shape index (κ1) is 13.6. The summed E-state index contributed by atoms with van der Waals surface area (Å²) >= 11 is 0. The maximum atomic E-state index is 13.5. The number of nitrogens with one attached hydrogen (secondary N) is 2. The van der Waals surface area contributed by atoms with Crippen molar-refractivity contribution in [3.05, 3.63) is 59.5 Å². The molecule has 1 aliphatic rings. The molecule has 0 saturated heterocycles. The van der Waals surface area contributed by atoms with Crippen molar-refractivity contribution in [2.24, 2.45) is 0 Å². The predicted molar refractivity (Wildman–Crippen MR) is 87.8 cm³/mol. The molecule has 2 aromatic carbocycles. The molecule has 5 heteroatoms. The van der Waals surface area contributed by atoms with Crippen molar-refractivity contribution in [2.45, 2.75) is 0 Å². The Morgan fingerprint density at radius 3 is 2.87 bits per heavy atom. The average Bonchev–Trinajstić information content (AvgIpc) is 3.09. The normalized spacial score (nSPS) is 15.0. The molecule has 4 nitrogen and oxygen atoms in total. The van der Waals surface area contributed by atoms with Crippen molar-refractivity contribution in [1.82, 2.24) is 4.98 Å². The number of halogens is 1. The maximum absolute atomic E-state index is 13.5. The molecule has 1 aromatic heterocycles. The second-order valence-electron chi connectivity index (χ2n) is 5.36. The van der Waals surface area contributed by atoms with E-state index in [0.717, 1.165) is 22.2 Å². The molecule has 0 radical (unpaired) electrons. The van der Waals surface area contributed by atoms with E-state index >= 15 is 0 Å². The van der Waals surface area contributed by atoms with Gasteiger partial charge in [-0.3, -0.25) is 4.79 Å². The van der Waals surface area contributed by atoms with Gasteiger partial charge in [-0.1, -0.05) is 0 Å². The number of H-pyrrole nitrogens is 1. The lowest BCUT2D eigenvalue weighted by molar-refractivity contribution is -0.110. The number of methoxy groups -OCH3 is 1. The summed E-state index contributed by atoms with van der Waals surface area (Å²) in [5.41, 5.74) is 3.44. The molecule has 2 heterocycles. The van der Waals surface area contributed by atoms with Gasteiger partial charge in [-0.25, -0.2) is 4.39 Å². The molecule has 0 bridgehead atoms. The van der Waals surface area contributed by atoms with E-state index in [1.807, 2.05) is 24.4 Å². The molecule has 0 saturated carbocycles. The first-order valence-electron chi connectivity index (χ1n) is 7.14. The predicted octanol–water partition coefficient (Wildman–Crippen LogP) is 3.81. The third-order valence-electron chi connectivity index (χ3n) is 3.99. The van der Waals surface area contributed by atoms with Gasteiger partial charge in [0.25, 0.3) is 5.91 Å². The highest BCUT2D eigenvalue weighted by Gasteiger charge is 2.24. The fourth-order valence-corrected chi connectivity index (χ4v) is 2.83. The van der Waals surface area contributed by atoms with Gasteiger partial charge in [0, 0.05) is 39.5 Å². The van der Waals surface area contributed by atoms with Crippen LogP contribution in [0.4, 0.5) is 10.1 Å². The smallest absolute Gasteiger partial charge is 0.256 e. The van der Waals surface area contributed by atoms with Gasteiger partial charge in [0.2, 0.25) is 0 Å². The second kappa shape index (κ2) is 4.98. The maximum Gasteiger partial charge on any atom is 0.256 e. The topological polar surface area (TPSA) is 54.1 Å². The monoisotopic (exact) mass is 308 g/mol. The third kappa shape index (κ3) is 2.17. The standard InChI is InChI=1S/C18H13FN2O2/c1-23-12-3-5-16-13(8-12)10(9-20-16)6-15-14-7-11(19)2-4-17(14)21-18(15)22/h2-9,20H,1H3,(H,21,22)/b15-6+. The van der Waals surface area contributed by atoms with Crippen LogP contribution in [0.15, 0.2) is 42.6 Å². The van der Waals surface area contributed by atoms with Crippen LogP contribution in [0.25, 0.3) is 22.6 Å². The van der Waals surface area contributed by atoms with Crippen LogP contribution in [0.2, 0.25) is 0 Å².